The summed E-state index contributed by atoms with van der Waals surface area (Å²) in [5.41, 5.74) is 0.978. The van der Waals surface area contributed by atoms with Gasteiger partial charge in [0.05, 0.1) is 22.2 Å². The van der Waals surface area contributed by atoms with Crippen molar-refractivity contribution in [1.82, 2.24) is 4.90 Å². The van der Waals surface area contributed by atoms with E-state index < -0.39 is 0 Å². The van der Waals surface area contributed by atoms with Gasteiger partial charge in [-0.25, -0.2) is 0 Å². The zero-order valence-corrected chi connectivity index (χ0v) is 17.5. The molecule has 1 aromatic rings. The van der Waals surface area contributed by atoms with Gasteiger partial charge in [-0.05, 0) is 36.8 Å². The Kier molecular flexibility index (Phi) is 6.69. The van der Waals surface area contributed by atoms with Crippen LogP contribution in [0.15, 0.2) is 45.2 Å². The molecule has 3 rings (SSSR count). The molecule has 2 aliphatic heterocycles. The first-order valence-electron chi connectivity index (χ1n) is 8.36. The van der Waals surface area contributed by atoms with Crippen LogP contribution >= 0.6 is 47.3 Å². The molecule has 0 aromatic heterocycles. The van der Waals surface area contributed by atoms with E-state index in [1.54, 1.807) is 16.7 Å². The van der Waals surface area contributed by atoms with E-state index in [2.05, 4.69) is 6.92 Å². The number of unbranched alkanes of at least 4 members (excludes halogenated alkanes) is 1. The molecular weight excluding hydrogens is 408 g/mol. The summed E-state index contributed by atoms with van der Waals surface area (Å²) in [7, 11) is 0. The number of aliphatic hydroxyl groups is 1. The van der Waals surface area contributed by atoms with Gasteiger partial charge in [0.1, 0.15) is 4.32 Å². The maximum absolute atomic E-state index is 12.5. The molecule has 138 valence electrons. The average molecular weight is 427 g/mol. The lowest BCUT2D eigenvalue weighted by Gasteiger charge is -2.19. The lowest BCUT2D eigenvalue weighted by atomic mass is 10.3. The summed E-state index contributed by atoms with van der Waals surface area (Å²) in [5.74, 6) is -0.0254. The van der Waals surface area contributed by atoms with Crippen molar-refractivity contribution in [1.29, 1.82) is 0 Å². The van der Waals surface area contributed by atoms with Crippen LogP contribution in [-0.4, -0.2) is 39.9 Å². The lowest BCUT2D eigenvalue weighted by Crippen LogP contribution is -2.28. The zero-order valence-electron chi connectivity index (χ0n) is 14.3. The quantitative estimate of drug-likeness (QED) is 0.528. The number of halogens is 1. The molecule has 0 aliphatic carbocycles. The predicted molar refractivity (Wildman–Crippen MR) is 115 cm³/mol. The fourth-order valence-corrected chi connectivity index (χ4v) is 5.19. The van der Waals surface area contributed by atoms with E-state index in [4.69, 9.17) is 23.8 Å². The topological polar surface area (TPSA) is 43.8 Å². The highest BCUT2D eigenvalue weighted by atomic mass is 35.5. The van der Waals surface area contributed by atoms with Crippen LogP contribution in [0.3, 0.4) is 0 Å². The minimum atomic E-state index is -0.0254. The third kappa shape index (κ3) is 4.12. The molecule has 0 bridgehead atoms. The van der Waals surface area contributed by atoms with Gasteiger partial charge in [0.15, 0.2) is 0 Å². The molecule has 26 heavy (non-hydrogen) atoms. The summed E-state index contributed by atoms with van der Waals surface area (Å²) in [5, 5.41) is 11.0. The predicted octanol–water partition coefficient (Wildman–Crippen LogP) is 4.63. The van der Waals surface area contributed by atoms with Gasteiger partial charge in [0.2, 0.25) is 0 Å². The second-order valence-corrected chi connectivity index (χ2v) is 8.98. The number of hydrogen-bond donors (Lipinski definition) is 1. The smallest absolute Gasteiger partial charge is 0.266 e. The van der Waals surface area contributed by atoms with Crippen LogP contribution in [0.1, 0.15) is 19.8 Å². The fourth-order valence-electron chi connectivity index (χ4n) is 2.70. The summed E-state index contributed by atoms with van der Waals surface area (Å²) in [4.78, 5) is 17.9. The highest BCUT2D eigenvalue weighted by molar-refractivity contribution is 8.26. The maximum atomic E-state index is 12.5. The number of thiocarbonyl (C=S) groups is 1. The third-order valence-corrected chi connectivity index (χ3v) is 6.76. The molecule has 0 saturated carbocycles. The number of thioether (sulfide) groups is 2. The first-order chi connectivity index (χ1) is 12.5. The number of fused-ring (bicyclic) bond motifs is 1. The Balaban J connectivity index is 1.82. The van der Waals surface area contributed by atoms with Crippen molar-refractivity contribution in [3.05, 3.63) is 45.3 Å². The molecule has 1 amide bonds. The number of carbonyl (C=O) groups is 1. The van der Waals surface area contributed by atoms with Crippen LogP contribution in [-0.2, 0) is 4.79 Å². The lowest BCUT2D eigenvalue weighted by molar-refractivity contribution is -0.122. The highest BCUT2D eigenvalue weighted by Crippen LogP contribution is 2.47. The summed E-state index contributed by atoms with van der Waals surface area (Å²) in [6.45, 7) is 3.26. The number of nitrogens with zero attached hydrogens (tertiary/aromatic N) is 2. The molecule has 1 aromatic carbocycles. The SMILES string of the molecule is CCCCN1C(=O)/C(=C/C=C2/Sc3ccc(Cl)cc3N2CCO)SC1=S. The van der Waals surface area contributed by atoms with Crippen molar-refractivity contribution in [3.63, 3.8) is 0 Å². The first kappa shape index (κ1) is 19.8. The van der Waals surface area contributed by atoms with Crippen molar-refractivity contribution in [2.45, 2.75) is 24.7 Å². The van der Waals surface area contributed by atoms with E-state index >= 15 is 0 Å². The molecular formula is C18H19ClN2O2S3. The standard InChI is InChI=1S/C18H19ClN2O2S3/c1-2-3-8-21-17(23)15(26-18(21)24)6-7-16-20(9-10-22)13-11-12(19)4-5-14(13)25-16/h4-7,11,22H,2-3,8-10H2,1H3/b15-6-,16-7+. The number of benzene rings is 1. The number of rotatable bonds is 6. The maximum Gasteiger partial charge on any atom is 0.266 e. The van der Waals surface area contributed by atoms with Crippen molar-refractivity contribution < 1.29 is 9.90 Å². The Labute approximate surface area is 172 Å². The molecule has 2 heterocycles. The fraction of sp³-hybridized carbons (Fsp3) is 0.333. The normalized spacial score (nSPS) is 20.0. The van der Waals surface area contributed by atoms with E-state index in [-0.39, 0.29) is 12.5 Å². The molecule has 2 aliphatic rings. The molecule has 4 nitrogen and oxygen atoms in total. The number of aliphatic hydroxyl groups excluding tert-OH is 1. The average Bonchev–Trinajstić information content (AvgIpc) is 3.09. The van der Waals surface area contributed by atoms with Gasteiger partial charge in [-0.3, -0.25) is 9.69 Å². The number of carbonyl (C=O) groups excluding carboxylic acids is 1. The van der Waals surface area contributed by atoms with Crippen LogP contribution < -0.4 is 4.90 Å². The molecule has 0 spiro atoms. The number of amides is 1. The molecule has 0 radical (unpaired) electrons. The number of allylic oxidation sites excluding steroid dienone is 2. The molecule has 1 N–H and O–H groups in total. The molecule has 8 heteroatoms. The van der Waals surface area contributed by atoms with Gasteiger partial charge >= 0.3 is 0 Å². The third-order valence-electron chi connectivity index (χ3n) is 4.00. The number of hydrogen-bond acceptors (Lipinski definition) is 6. The van der Waals surface area contributed by atoms with Crippen molar-refractivity contribution >= 4 is 63.3 Å². The van der Waals surface area contributed by atoms with Crippen LogP contribution in [0.5, 0.6) is 0 Å². The Hall–Kier alpha value is -0.990. The van der Waals surface area contributed by atoms with E-state index in [1.165, 1.54) is 11.8 Å². The largest absolute Gasteiger partial charge is 0.395 e. The van der Waals surface area contributed by atoms with Gasteiger partial charge in [0, 0.05) is 23.0 Å². The Bertz CT molecular complexity index is 795. The summed E-state index contributed by atoms with van der Waals surface area (Å²) in [6.07, 6.45) is 5.70. The van der Waals surface area contributed by atoms with Crippen molar-refractivity contribution in [2.24, 2.45) is 0 Å². The molecule has 0 unspecified atom stereocenters. The van der Waals surface area contributed by atoms with Crippen LogP contribution in [0.2, 0.25) is 5.02 Å². The number of anilines is 1. The number of β-amino-alcohol motifs (C(OH)–C–C–N with tert-alkyl or cyclic N) is 1. The molecule has 1 saturated heterocycles. The first-order valence-corrected chi connectivity index (χ1v) is 10.8. The Morgan fingerprint density at radius 1 is 1.23 bits per heavy atom. The van der Waals surface area contributed by atoms with E-state index in [1.807, 2.05) is 35.3 Å². The monoisotopic (exact) mass is 426 g/mol. The summed E-state index contributed by atoms with van der Waals surface area (Å²) in [6, 6.07) is 5.72. The van der Waals surface area contributed by atoms with Crippen molar-refractivity contribution in [2.75, 3.05) is 24.6 Å². The molecule has 1 fully saturated rings. The van der Waals surface area contributed by atoms with Crippen LogP contribution in [0.25, 0.3) is 0 Å². The minimum absolute atomic E-state index is 0.0254. The molecule has 0 atom stereocenters. The Morgan fingerprint density at radius 2 is 2.04 bits per heavy atom. The van der Waals surface area contributed by atoms with E-state index in [0.717, 1.165) is 28.5 Å². The van der Waals surface area contributed by atoms with Crippen molar-refractivity contribution in [3.8, 4) is 0 Å². The highest BCUT2D eigenvalue weighted by Gasteiger charge is 2.31. The van der Waals surface area contributed by atoms with Crippen LogP contribution in [0, 0.1) is 0 Å². The zero-order chi connectivity index (χ0) is 18.7. The van der Waals surface area contributed by atoms with Gasteiger partial charge < -0.3 is 10.0 Å². The second kappa shape index (κ2) is 8.80. The second-order valence-electron chi connectivity index (χ2n) is 5.80. The van der Waals surface area contributed by atoms with Gasteiger partial charge in [-0.2, -0.15) is 0 Å². The van der Waals surface area contributed by atoms with Crippen LogP contribution in [0.4, 0.5) is 5.69 Å². The summed E-state index contributed by atoms with van der Waals surface area (Å²) >= 11 is 14.4. The Morgan fingerprint density at radius 3 is 2.77 bits per heavy atom. The van der Waals surface area contributed by atoms with E-state index in [9.17, 15) is 9.90 Å². The van der Waals surface area contributed by atoms with E-state index in [0.29, 0.717) is 27.3 Å². The minimum Gasteiger partial charge on any atom is -0.395 e. The summed E-state index contributed by atoms with van der Waals surface area (Å²) < 4.78 is 0.620. The van der Waals surface area contributed by atoms with Gasteiger partial charge in [-0.1, -0.05) is 60.7 Å². The van der Waals surface area contributed by atoms with Gasteiger partial charge in [0.25, 0.3) is 5.91 Å². The van der Waals surface area contributed by atoms with Gasteiger partial charge in [-0.15, -0.1) is 0 Å².